The zero-order valence-electron chi connectivity index (χ0n) is 16.9. The summed E-state index contributed by atoms with van der Waals surface area (Å²) in [5, 5.41) is 13.4. The van der Waals surface area contributed by atoms with Gasteiger partial charge >= 0.3 is 0 Å². The Labute approximate surface area is 177 Å². The van der Waals surface area contributed by atoms with E-state index in [2.05, 4.69) is 31.0 Å². The summed E-state index contributed by atoms with van der Waals surface area (Å²) in [6, 6.07) is 0.510. The molecule has 162 valence electrons. The normalized spacial score (nSPS) is 25.1. The van der Waals surface area contributed by atoms with Gasteiger partial charge in [0, 0.05) is 29.1 Å². The summed E-state index contributed by atoms with van der Waals surface area (Å²) < 4.78 is 1.62. The summed E-state index contributed by atoms with van der Waals surface area (Å²) in [6.45, 7) is 0. The van der Waals surface area contributed by atoms with Crippen LogP contribution in [0.3, 0.4) is 0 Å². The lowest BCUT2D eigenvalue weighted by Gasteiger charge is -2.27. The van der Waals surface area contributed by atoms with Gasteiger partial charge in [0.25, 0.3) is 5.91 Å². The van der Waals surface area contributed by atoms with E-state index in [4.69, 9.17) is 5.73 Å². The molecule has 2 aromatic rings. The molecular formula is C20H24N8O3. The first-order valence-electron chi connectivity index (χ1n) is 10.6. The number of nitrogens with one attached hydrogen (secondary N) is 3. The molecule has 1 saturated heterocycles. The third-order valence-corrected chi connectivity index (χ3v) is 5.99. The fraction of sp³-hybridized carbons (Fsp3) is 0.500. The molecule has 0 radical (unpaired) electrons. The lowest BCUT2D eigenvalue weighted by Crippen LogP contribution is -2.33. The Hall–Kier alpha value is -3.50. The molecule has 3 fully saturated rings. The van der Waals surface area contributed by atoms with E-state index in [-0.39, 0.29) is 36.1 Å². The third-order valence-electron chi connectivity index (χ3n) is 5.99. The van der Waals surface area contributed by atoms with E-state index in [1.807, 2.05) is 0 Å². The highest BCUT2D eigenvalue weighted by Gasteiger charge is 2.28. The van der Waals surface area contributed by atoms with Gasteiger partial charge in [-0.05, 0) is 44.6 Å². The van der Waals surface area contributed by atoms with Crippen LogP contribution in [0.25, 0.3) is 11.7 Å². The summed E-state index contributed by atoms with van der Waals surface area (Å²) in [7, 11) is 0. The Morgan fingerprint density at radius 2 is 1.81 bits per heavy atom. The van der Waals surface area contributed by atoms with Crippen LogP contribution in [-0.4, -0.2) is 49.4 Å². The van der Waals surface area contributed by atoms with Crippen LogP contribution in [0.5, 0.6) is 0 Å². The van der Waals surface area contributed by atoms with Gasteiger partial charge in [-0.3, -0.25) is 19.7 Å². The van der Waals surface area contributed by atoms with Gasteiger partial charge in [0.1, 0.15) is 0 Å². The maximum atomic E-state index is 12.0. The molecule has 0 spiro atoms. The van der Waals surface area contributed by atoms with Crippen LogP contribution in [0.1, 0.15) is 50.5 Å². The average molecular weight is 424 g/mol. The minimum atomic E-state index is -0.390. The Morgan fingerprint density at radius 1 is 1.10 bits per heavy atom. The predicted octanol–water partition coefficient (Wildman–Crippen LogP) is 0.585. The second kappa shape index (κ2) is 7.64. The summed E-state index contributed by atoms with van der Waals surface area (Å²) in [4.78, 5) is 44.1. The van der Waals surface area contributed by atoms with Crippen molar-refractivity contribution in [1.82, 2.24) is 24.9 Å². The smallest absolute Gasteiger partial charge is 0.254 e. The topological polar surface area (TPSA) is 156 Å². The molecule has 31 heavy (non-hydrogen) atoms. The quantitative estimate of drug-likeness (QED) is 0.388. The van der Waals surface area contributed by atoms with Crippen LogP contribution in [0.4, 0.5) is 11.9 Å². The summed E-state index contributed by atoms with van der Waals surface area (Å²) >= 11 is 0. The van der Waals surface area contributed by atoms with Crippen molar-refractivity contribution in [3.8, 4) is 0 Å². The minimum absolute atomic E-state index is 0.0443. The van der Waals surface area contributed by atoms with Crippen LogP contribution in [0, 0.1) is 5.92 Å². The van der Waals surface area contributed by atoms with Crippen molar-refractivity contribution in [2.24, 2.45) is 11.7 Å². The van der Waals surface area contributed by atoms with E-state index in [0.717, 1.165) is 38.5 Å². The van der Waals surface area contributed by atoms with E-state index in [9.17, 15) is 14.4 Å². The molecular weight excluding hydrogens is 400 g/mol. The van der Waals surface area contributed by atoms with Crippen LogP contribution < -0.4 is 21.7 Å². The van der Waals surface area contributed by atoms with E-state index in [1.165, 1.54) is 0 Å². The van der Waals surface area contributed by atoms with Crippen molar-refractivity contribution in [2.45, 2.75) is 57.0 Å². The van der Waals surface area contributed by atoms with E-state index >= 15 is 0 Å². The Morgan fingerprint density at radius 3 is 2.45 bits per heavy atom. The van der Waals surface area contributed by atoms with Crippen molar-refractivity contribution >= 4 is 41.3 Å². The molecule has 11 nitrogen and oxygen atoms in total. The minimum Gasteiger partial charge on any atom is -0.369 e. The van der Waals surface area contributed by atoms with Gasteiger partial charge in [0.15, 0.2) is 5.65 Å². The van der Waals surface area contributed by atoms with Gasteiger partial charge in [0.2, 0.25) is 23.7 Å². The van der Waals surface area contributed by atoms with Crippen molar-refractivity contribution < 1.29 is 14.4 Å². The van der Waals surface area contributed by atoms with E-state index < -0.39 is 0 Å². The maximum Gasteiger partial charge on any atom is 0.254 e. The molecule has 5 N–H and O–H groups in total. The Bertz CT molecular complexity index is 1100. The second-order valence-electron chi connectivity index (χ2n) is 8.44. The standard InChI is InChI=1S/C20H24N8O3/c21-16(30)10-1-3-13(4-2-10)23-19-26-17-12(7-11-8-15(29)25-18(11)31)9-22-28(17)20(27-19)24-14-5-6-14/h7,9-10,13-14H,1-6,8H2,(H2,21,30)(H,25,29,31)(H2,23,24,26,27)/b11-7+. The molecule has 3 amide bonds. The molecule has 2 aromatic heterocycles. The molecule has 0 atom stereocenters. The predicted molar refractivity (Wildman–Crippen MR) is 112 cm³/mol. The number of hydrogen-bond acceptors (Lipinski definition) is 8. The van der Waals surface area contributed by atoms with Gasteiger partial charge in [-0.25, -0.2) is 0 Å². The molecule has 11 heteroatoms. The van der Waals surface area contributed by atoms with E-state index in [0.29, 0.717) is 34.7 Å². The molecule has 2 aliphatic carbocycles. The van der Waals surface area contributed by atoms with Gasteiger partial charge < -0.3 is 16.4 Å². The number of carbonyl (C=O) groups is 3. The SMILES string of the molecule is NC(=O)C1CCC(Nc2nc(NC3CC3)n3ncc(/C=C4\CC(=O)NC4=O)c3n2)CC1. The van der Waals surface area contributed by atoms with Crippen LogP contribution in [-0.2, 0) is 14.4 Å². The van der Waals surface area contributed by atoms with Crippen LogP contribution in [0.2, 0.25) is 0 Å². The summed E-state index contributed by atoms with van der Waals surface area (Å²) in [6.07, 6.45) is 8.58. The molecule has 1 aliphatic heterocycles. The van der Waals surface area contributed by atoms with Gasteiger partial charge in [-0.2, -0.15) is 19.6 Å². The highest BCUT2D eigenvalue weighted by molar-refractivity contribution is 6.15. The Balaban J connectivity index is 1.44. The first-order valence-corrected chi connectivity index (χ1v) is 10.6. The largest absolute Gasteiger partial charge is 0.369 e. The molecule has 0 aromatic carbocycles. The average Bonchev–Trinajstić information content (AvgIpc) is 3.37. The van der Waals surface area contributed by atoms with Gasteiger partial charge in [-0.15, -0.1) is 0 Å². The van der Waals surface area contributed by atoms with E-state index in [1.54, 1.807) is 16.8 Å². The number of primary amides is 1. The highest BCUT2D eigenvalue weighted by atomic mass is 16.2. The zero-order chi connectivity index (χ0) is 21.5. The molecule has 3 aliphatic rings. The van der Waals surface area contributed by atoms with Crippen LogP contribution >= 0.6 is 0 Å². The fourth-order valence-corrected chi connectivity index (χ4v) is 4.08. The number of nitrogens with two attached hydrogens (primary N) is 1. The molecule has 3 heterocycles. The first-order chi connectivity index (χ1) is 15.0. The Kier molecular flexibility index (Phi) is 4.79. The number of rotatable bonds is 6. The monoisotopic (exact) mass is 424 g/mol. The lowest BCUT2D eigenvalue weighted by atomic mass is 9.86. The molecule has 0 unspecified atom stereocenters. The first kappa shape index (κ1) is 19.5. The lowest BCUT2D eigenvalue weighted by molar-refractivity contribution is -0.124. The number of carbonyl (C=O) groups excluding carboxylic acids is 3. The number of aromatic nitrogens is 4. The number of nitrogens with zero attached hydrogens (tertiary/aromatic N) is 4. The number of imide groups is 1. The molecule has 2 saturated carbocycles. The van der Waals surface area contributed by atoms with Crippen molar-refractivity contribution in [2.75, 3.05) is 10.6 Å². The van der Waals surface area contributed by atoms with Crippen molar-refractivity contribution in [3.63, 3.8) is 0 Å². The zero-order valence-corrected chi connectivity index (χ0v) is 16.9. The van der Waals surface area contributed by atoms with Crippen molar-refractivity contribution in [1.29, 1.82) is 0 Å². The maximum absolute atomic E-state index is 12.0. The molecule has 0 bridgehead atoms. The summed E-state index contributed by atoms with van der Waals surface area (Å²) in [5.41, 5.74) is 7.00. The van der Waals surface area contributed by atoms with Crippen LogP contribution in [0.15, 0.2) is 11.8 Å². The number of fused-ring (bicyclic) bond motifs is 1. The number of amides is 3. The van der Waals surface area contributed by atoms with Gasteiger partial charge in [-0.1, -0.05) is 0 Å². The highest BCUT2D eigenvalue weighted by Crippen LogP contribution is 2.28. The summed E-state index contributed by atoms with van der Waals surface area (Å²) in [5.74, 6) is 0.0367. The second-order valence-corrected chi connectivity index (χ2v) is 8.44. The number of hydrogen-bond donors (Lipinski definition) is 4. The van der Waals surface area contributed by atoms with Crippen molar-refractivity contribution in [3.05, 3.63) is 17.3 Å². The molecule has 5 rings (SSSR count). The number of anilines is 2. The third kappa shape index (κ3) is 4.07. The van der Waals surface area contributed by atoms with Gasteiger partial charge in [0.05, 0.1) is 12.6 Å². The fourth-order valence-electron chi connectivity index (χ4n) is 4.08.